The number of methoxy groups -OCH3 is 1. The van der Waals surface area contributed by atoms with E-state index in [1.165, 1.54) is 0 Å². The molecular formula is C22H32N4O3S. The Labute approximate surface area is 180 Å². The summed E-state index contributed by atoms with van der Waals surface area (Å²) in [7, 11) is -1.72. The van der Waals surface area contributed by atoms with Crippen molar-refractivity contribution in [1.82, 2.24) is 15.4 Å². The van der Waals surface area contributed by atoms with Crippen LogP contribution in [-0.2, 0) is 23.0 Å². The van der Waals surface area contributed by atoms with Crippen LogP contribution in [-0.4, -0.2) is 46.9 Å². The van der Waals surface area contributed by atoms with E-state index in [9.17, 15) is 8.42 Å². The normalized spacial score (nSPS) is 11.9. The summed E-state index contributed by atoms with van der Waals surface area (Å²) in [5.74, 6) is 1.42. The number of ether oxygens (including phenoxy) is 1. The van der Waals surface area contributed by atoms with Gasteiger partial charge in [-0.2, -0.15) is 0 Å². The number of sulfonamides is 1. The number of benzene rings is 2. The fourth-order valence-corrected chi connectivity index (χ4v) is 3.69. The average molecular weight is 433 g/mol. The number of aryl methyl sites for hydroxylation is 1. The summed E-state index contributed by atoms with van der Waals surface area (Å²) < 4.78 is 32.4. The molecule has 8 heteroatoms. The minimum Gasteiger partial charge on any atom is -0.496 e. The van der Waals surface area contributed by atoms with Crippen LogP contribution in [0.4, 0.5) is 0 Å². The van der Waals surface area contributed by atoms with Crippen LogP contribution in [0.3, 0.4) is 0 Å². The molecule has 164 valence electrons. The predicted octanol–water partition coefficient (Wildman–Crippen LogP) is 2.22. The van der Waals surface area contributed by atoms with Gasteiger partial charge in [0.2, 0.25) is 10.0 Å². The van der Waals surface area contributed by atoms with Gasteiger partial charge < -0.3 is 15.4 Å². The second kappa shape index (κ2) is 12.2. The zero-order valence-electron chi connectivity index (χ0n) is 17.9. The molecule has 2 rings (SSSR count). The van der Waals surface area contributed by atoms with Gasteiger partial charge in [-0.1, -0.05) is 42.5 Å². The highest BCUT2D eigenvalue weighted by Crippen LogP contribution is 2.18. The SMILES string of the molecule is CCNC(=NCCS(=O)(=O)NCc1ccccc1)NCCc1ccc(C)c(OC)c1. The van der Waals surface area contributed by atoms with Crippen LogP contribution in [0.15, 0.2) is 53.5 Å². The molecule has 0 spiro atoms. The van der Waals surface area contributed by atoms with Crippen molar-refractivity contribution in [3.8, 4) is 5.75 Å². The Morgan fingerprint density at radius 3 is 2.53 bits per heavy atom. The summed E-state index contributed by atoms with van der Waals surface area (Å²) in [4.78, 5) is 4.38. The van der Waals surface area contributed by atoms with Gasteiger partial charge in [0.1, 0.15) is 5.75 Å². The summed E-state index contributed by atoms with van der Waals surface area (Å²) in [6.07, 6.45) is 0.804. The van der Waals surface area contributed by atoms with Crippen molar-refractivity contribution in [1.29, 1.82) is 0 Å². The first-order valence-electron chi connectivity index (χ1n) is 10.1. The molecule has 0 fully saturated rings. The zero-order valence-corrected chi connectivity index (χ0v) is 18.8. The van der Waals surface area contributed by atoms with Crippen molar-refractivity contribution in [3.05, 3.63) is 65.2 Å². The molecule has 0 heterocycles. The van der Waals surface area contributed by atoms with E-state index < -0.39 is 10.0 Å². The minimum atomic E-state index is -3.39. The van der Waals surface area contributed by atoms with E-state index in [-0.39, 0.29) is 18.8 Å². The standard InChI is InChI=1S/C22H32N4O3S/c1-4-23-22(24-13-12-19-11-10-18(2)21(16-19)29-3)25-14-15-30(27,28)26-17-20-8-6-5-7-9-20/h5-11,16,26H,4,12-15,17H2,1-3H3,(H2,23,24,25). The Morgan fingerprint density at radius 2 is 1.83 bits per heavy atom. The first-order chi connectivity index (χ1) is 14.4. The Hall–Kier alpha value is -2.58. The number of nitrogens with one attached hydrogen (secondary N) is 3. The maximum atomic E-state index is 12.2. The minimum absolute atomic E-state index is 0.0639. The number of nitrogens with zero attached hydrogens (tertiary/aromatic N) is 1. The summed E-state index contributed by atoms with van der Waals surface area (Å²) >= 11 is 0. The molecule has 0 unspecified atom stereocenters. The van der Waals surface area contributed by atoms with Gasteiger partial charge in [0.05, 0.1) is 19.4 Å². The van der Waals surface area contributed by atoms with E-state index in [1.54, 1.807) is 7.11 Å². The molecule has 2 aromatic rings. The topological polar surface area (TPSA) is 91.8 Å². The largest absolute Gasteiger partial charge is 0.496 e. The average Bonchev–Trinajstić information content (AvgIpc) is 2.74. The summed E-state index contributed by atoms with van der Waals surface area (Å²) in [5, 5.41) is 6.39. The maximum absolute atomic E-state index is 12.2. The van der Waals surface area contributed by atoms with E-state index in [0.717, 1.165) is 28.9 Å². The first kappa shape index (κ1) is 23.7. The van der Waals surface area contributed by atoms with E-state index in [1.807, 2.05) is 56.3 Å². The molecule has 2 aromatic carbocycles. The molecular weight excluding hydrogens is 400 g/mol. The van der Waals surface area contributed by atoms with E-state index in [0.29, 0.717) is 19.0 Å². The van der Waals surface area contributed by atoms with Crippen LogP contribution in [0.1, 0.15) is 23.6 Å². The predicted molar refractivity (Wildman–Crippen MR) is 122 cm³/mol. The molecule has 0 amide bonds. The van der Waals surface area contributed by atoms with Crippen LogP contribution < -0.4 is 20.1 Å². The zero-order chi connectivity index (χ0) is 21.8. The van der Waals surface area contributed by atoms with Crippen LogP contribution in [0, 0.1) is 6.92 Å². The molecule has 0 saturated heterocycles. The molecule has 30 heavy (non-hydrogen) atoms. The van der Waals surface area contributed by atoms with Gasteiger partial charge in [0, 0.05) is 19.6 Å². The summed E-state index contributed by atoms with van der Waals surface area (Å²) in [6.45, 7) is 5.82. The highest BCUT2D eigenvalue weighted by molar-refractivity contribution is 7.89. The molecule has 0 aliphatic carbocycles. The fourth-order valence-electron chi connectivity index (χ4n) is 2.83. The van der Waals surface area contributed by atoms with Gasteiger partial charge in [-0.15, -0.1) is 0 Å². The van der Waals surface area contributed by atoms with Crippen molar-refractivity contribution in [2.75, 3.05) is 32.5 Å². The summed E-state index contributed by atoms with van der Waals surface area (Å²) in [5.41, 5.74) is 3.19. The number of rotatable bonds is 11. The number of guanidine groups is 1. The lowest BCUT2D eigenvalue weighted by Crippen LogP contribution is -2.39. The molecule has 7 nitrogen and oxygen atoms in total. The van der Waals surface area contributed by atoms with Gasteiger partial charge in [-0.3, -0.25) is 4.99 Å². The molecule has 0 aromatic heterocycles. The Bertz CT molecular complexity index is 915. The number of hydrogen-bond acceptors (Lipinski definition) is 4. The molecule has 0 atom stereocenters. The smallest absolute Gasteiger partial charge is 0.213 e. The quantitative estimate of drug-likeness (QED) is 0.374. The van der Waals surface area contributed by atoms with Gasteiger partial charge in [-0.25, -0.2) is 13.1 Å². The maximum Gasteiger partial charge on any atom is 0.213 e. The molecule has 3 N–H and O–H groups in total. The van der Waals surface area contributed by atoms with Crippen molar-refractivity contribution in [2.45, 2.75) is 26.8 Å². The second-order valence-corrected chi connectivity index (χ2v) is 8.79. The van der Waals surface area contributed by atoms with Crippen molar-refractivity contribution < 1.29 is 13.2 Å². The molecule has 0 saturated carbocycles. The molecule has 0 bridgehead atoms. The van der Waals surface area contributed by atoms with Crippen molar-refractivity contribution in [2.24, 2.45) is 4.99 Å². The second-order valence-electron chi connectivity index (χ2n) is 6.87. The highest BCUT2D eigenvalue weighted by atomic mass is 32.2. The van der Waals surface area contributed by atoms with Crippen LogP contribution >= 0.6 is 0 Å². The van der Waals surface area contributed by atoms with Gasteiger partial charge in [-0.05, 0) is 43.0 Å². The first-order valence-corrected chi connectivity index (χ1v) is 11.8. The van der Waals surface area contributed by atoms with Crippen LogP contribution in [0.5, 0.6) is 5.75 Å². The summed E-state index contributed by atoms with van der Waals surface area (Å²) in [6, 6.07) is 15.6. The molecule has 0 aliphatic rings. The Kier molecular flexibility index (Phi) is 9.63. The van der Waals surface area contributed by atoms with Crippen molar-refractivity contribution >= 4 is 16.0 Å². The monoisotopic (exact) mass is 432 g/mol. The van der Waals surface area contributed by atoms with E-state index in [2.05, 4.69) is 26.4 Å². The van der Waals surface area contributed by atoms with Gasteiger partial charge in [0.15, 0.2) is 5.96 Å². The van der Waals surface area contributed by atoms with Crippen LogP contribution in [0.2, 0.25) is 0 Å². The fraction of sp³-hybridized carbons (Fsp3) is 0.409. The van der Waals surface area contributed by atoms with Gasteiger partial charge >= 0.3 is 0 Å². The van der Waals surface area contributed by atoms with E-state index in [4.69, 9.17) is 4.74 Å². The highest BCUT2D eigenvalue weighted by Gasteiger charge is 2.09. The Balaban J connectivity index is 1.81. The van der Waals surface area contributed by atoms with E-state index >= 15 is 0 Å². The lowest BCUT2D eigenvalue weighted by molar-refractivity contribution is 0.411. The lowest BCUT2D eigenvalue weighted by Gasteiger charge is -2.12. The number of aliphatic imine (C=N–C) groups is 1. The molecule has 0 radical (unpaired) electrons. The van der Waals surface area contributed by atoms with Gasteiger partial charge in [0.25, 0.3) is 0 Å². The number of hydrogen-bond donors (Lipinski definition) is 3. The third kappa shape index (κ3) is 8.42. The lowest BCUT2D eigenvalue weighted by atomic mass is 10.1. The third-order valence-electron chi connectivity index (χ3n) is 4.49. The van der Waals surface area contributed by atoms with Crippen LogP contribution in [0.25, 0.3) is 0 Å². The third-order valence-corrected chi connectivity index (χ3v) is 5.80. The van der Waals surface area contributed by atoms with Crippen molar-refractivity contribution in [3.63, 3.8) is 0 Å². The Morgan fingerprint density at radius 1 is 1.07 bits per heavy atom. The molecule has 0 aliphatic heterocycles.